The van der Waals surface area contributed by atoms with Gasteiger partial charge in [-0.2, -0.15) is 0 Å². The summed E-state index contributed by atoms with van der Waals surface area (Å²) in [5.41, 5.74) is 0. The van der Waals surface area contributed by atoms with Gasteiger partial charge in [-0.05, 0) is 32.1 Å². The number of allylic oxidation sites excluding steroid dienone is 1. The van der Waals surface area contributed by atoms with Crippen molar-refractivity contribution >= 4 is 11.9 Å². The van der Waals surface area contributed by atoms with Crippen molar-refractivity contribution in [3.63, 3.8) is 0 Å². The molecule has 95 heavy (non-hydrogen) atoms. The Labute approximate surface area is 589 Å². The number of nitrogens with one attached hydrogen (secondary N) is 1. The van der Waals surface area contributed by atoms with E-state index in [4.69, 9.17) is 14.2 Å². The lowest BCUT2D eigenvalue weighted by Gasteiger charge is -2.40. The topological polar surface area (TPSA) is 175 Å². The van der Waals surface area contributed by atoms with E-state index in [0.717, 1.165) is 51.4 Å². The van der Waals surface area contributed by atoms with Gasteiger partial charge in [-0.3, -0.25) is 9.59 Å². The molecule has 7 unspecified atom stereocenters. The Bertz CT molecular complexity index is 1580. The first-order valence-corrected chi connectivity index (χ1v) is 42.5. The van der Waals surface area contributed by atoms with E-state index in [1.54, 1.807) is 6.08 Å². The van der Waals surface area contributed by atoms with Gasteiger partial charge in [0.2, 0.25) is 5.91 Å². The average molecular weight is 1350 g/mol. The molecule has 0 radical (unpaired) electrons. The minimum Gasteiger partial charge on any atom is -0.466 e. The number of aliphatic hydroxyl groups is 5. The summed E-state index contributed by atoms with van der Waals surface area (Å²) in [4.78, 5) is 25.2. The lowest BCUT2D eigenvalue weighted by molar-refractivity contribution is -0.302. The highest BCUT2D eigenvalue weighted by Crippen LogP contribution is 2.24. The Hall–Kier alpha value is -1.60. The van der Waals surface area contributed by atoms with Gasteiger partial charge in [-0.15, -0.1) is 0 Å². The first kappa shape index (κ1) is 91.4. The molecule has 0 aromatic rings. The fourth-order valence-electron chi connectivity index (χ4n) is 14.0. The van der Waals surface area contributed by atoms with Crippen molar-refractivity contribution in [3.05, 3.63) is 12.2 Å². The Kier molecular flexibility index (Phi) is 70.8. The van der Waals surface area contributed by atoms with Gasteiger partial charge in [-0.25, -0.2) is 0 Å². The van der Waals surface area contributed by atoms with Crippen molar-refractivity contribution in [1.29, 1.82) is 0 Å². The Balaban J connectivity index is 1.87. The van der Waals surface area contributed by atoms with Crippen LogP contribution in [0.25, 0.3) is 0 Å². The summed E-state index contributed by atoms with van der Waals surface area (Å²) < 4.78 is 16.8. The van der Waals surface area contributed by atoms with Gasteiger partial charge in [0.1, 0.15) is 24.4 Å². The van der Waals surface area contributed by atoms with E-state index in [-0.39, 0.29) is 18.5 Å². The number of esters is 1. The Morgan fingerprint density at radius 3 is 0.979 bits per heavy atom. The molecule has 1 saturated heterocycles. The minimum atomic E-state index is -1.57. The van der Waals surface area contributed by atoms with Crippen molar-refractivity contribution in [2.75, 3.05) is 19.8 Å². The van der Waals surface area contributed by atoms with Crippen LogP contribution in [-0.4, -0.2) is 100 Å². The van der Waals surface area contributed by atoms with Crippen molar-refractivity contribution < 1.29 is 49.3 Å². The molecule has 7 atom stereocenters. The van der Waals surface area contributed by atoms with Crippen LogP contribution in [0.1, 0.15) is 450 Å². The van der Waals surface area contributed by atoms with Gasteiger partial charge in [0, 0.05) is 12.8 Å². The maximum atomic E-state index is 13.1. The fourth-order valence-corrected chi connectivity index (χ4v) is 14.0. The second-order valence-electron chi connectivity index (χ2n) is 29.9. The molecule has 1 heterocycles. The van der Waals surface area contributed by atoms with E-state index in [2.05, 4.69) is 19.2 Å². The van der Waals surface area contributed by atoms with Crippen molar-refractivity contribution in [2.24, 2.45) is 0 Å². The summed E-state index contributed by atoms with van der Waals surface area (Å²) in [6, 6.07) is -0.805. The van der Waals surface area contributed by atoms with Crippen LogP contribution in [0.5, 0.6) is 0 Å². The van der Waals surface area contributed by atoms with Crippen LogP contribution >= 0.6 is 0 Å². The zero-order valence-corrected chi connectivity index (χ0v) is 63.2. The van der Waals surface area contributed by atoms with Gasteiger partial charge in [-0.1, -0.05) is 418 Å². The molecular weight excluding hydrogens is 1180 g/mol. The monoisotopic (exact) mass is 1350 g/mol. The van der Waals surface area contributed by atoms with E-state index in [1.165, 1.54) is 372 Å². The molecule has 0 spiro atoms. The number of carbonyl (C=O) groups is 2. The number of rotatable bonds is 77. The summed E-state index contributed by atoms with van der Waals surface area (Å²) in [7, 11) is 0. The summed E-state index contributed by atoms with van der Waals surface area (Å²) in [5, 5.41) is 54.6. The van der Waals surface area contributed by atoms with E-state index >= 15 is 0 Å². The normalized spacial score (nSPS) is 17.3. The SMILES string of the molecule is CCCCCCCCCCCCCC/C=C/C(O)C(COC1OC(CO)C(O)C(O)C1O)NC(=O)CCCCCCCCCCCCCCCCCCCCCCCCCCCCCCCCCCCCCCCCCOC(=O)CCCCCCCCCCCCCCCC. The van der Waals surface area contributed by atoms with E-state index in [0.29, 0.717) is 19.4 Å². The van der Waals surface area contributed by atoms with Gasteiger partial charge >= 0.3 is 5.97 Å². The summed E-state index contributed by atoms with van der Waals surface area (Å²) in [6.07, 6.45) is 84.1. The van der Waals surface area contributed by atoms with Crippen molar-refractivity contribution in [1.82, 2.24) is 5.32 Å². The first-order valence-electron chi connectivity index (χ1n) is 42.5. The predicted octanol–water partition coefficient (Wildman–Crippen LogP) is 23.3. The second kappa shape index (κ2) is 73.6. The lowest BCUT2D eigenvalue weighted by atomic mass is 9.99. The van der Waals surface area contributed by atoms with Crippen LogP contribution in [0.4, 0.5) is 0 Å². The van der Waals surface area contributed by atoms with Gasteiger partial charge < -0.3 is 45.1 Å². The maximum absolute atomic E-state index is 13.1. The molecule has 0 aromatic carbocycles. The van der Waals surface area contributed by atoms with Crippen LogP contribution in [-0.2, 0) is 23.8 Å². The predicted molar refractivity (Wildman–Crippen MR) is 403 cm³/mol. The zero-order valence-electron chi connectivity index (χ0n) is 63.2. The fraction of sp³-hybridized carbons (Fsp3) is 0.952. The number of carbonyl (C=O) groups excluding carboxylic acids is 2. The molecule has 1 fully saturated rings. The molecule has 564 valence electrons. The quantitative estimate of drug-likeness (QED) is 0.0195. The smallest absolute Gasteiger partial charge is 0.305 e. The third kappa shape index (κ3) is 62.0. The highest BCUT2D eigenvalue weighted by molar-refractivity contribution is 5.76. The molecule has 1 rings (SSSR count). The first-order chi connectivity index (χ1) is 46.7. The molecule has 1 aliphatic rings. The molecule has 0 bridgehead atoms. The van der Waals surface area contributed by atoms with E-state index in [9.17, 15) is 35.1 Å². The molecule has 11 nitrogen and oxygen atoms in total. The lowest BCUT2D eigenvalue weighted by Crippen LogP contribution is -2.60. The number of hydrogen-bond donors (Lipinski definition) is 6. The van der Waals surface area contributed by atoms with Gasteiger partial charge in [0.25, 0.3) is 0 Å². The summed E-state index contributed by atoms with van der Waals surface area (Å²) in [6.45, 7) is 4.42. The van der Waals surface area contributed by atoms with Crippen LogP contribution in [0.3, 0.4) is 0 Å². The molecule has 11 heteroatoms. The summed E-state index contributed by atoms with van der Waals surface area (Å²) in [5.74, 6) is -0.150. The van der Waals surface area contributed by atoms with E-state index < -0.39 is 49.5 Å². The number of unbranched alkanes of at least 4 members (excludes halogenated alkanes) is 63. The largest absolute Gasteiger partial charge is 0.466 e. The van der Waals surface area contributed by atoms with Crippen LogP contribution in [0.15, 0.2) is 12.2 Å². The Morgan fingerprint density at radius 2 is 0.663 bits per heavy atom. The number of aliphatic hydroxyl groups excluding tert-OH is 5. The van der Waals surface area contributed by atoms with Gasteiger partial charge in [0.05, 0.1) is 32.0 Å². The minimum absolute atomic E-state index is 0.0218. The molecular formula is C84H163NO10. The third-order valence-corrected chi connectivity index (χ3v) is 20.7. The second-order valence-corrected chi connectivity index (χ2v) is 29.9. The molecule has 0 saturated carbocycles. The van der Waals surface area contributed by atoms with Crippen LogP contribution in [0.2, 0.25) is 0 Å². The third-order valence-electron chi connectivity index (χ3n) is 20.7. The molecule has 6 N–H and O–H groups in total. The number of amides is 1. The zero-order chi connectivity index (χ0) is 68.6. The van der Waals surface area contributed by atoms with Crippen LogP contribution in [0, 0.1) is 0 Å². The summed E-state index contributed by atoms with van der Waals surface area (Å²) >= 11 is 0. The highest BCUT2D eigenvalue weighted by Gasteiger charge is 2.44. The molecule has 0 aliphatic carbocycles. The molecule has 1 amide bonds. The number of hydrogen-bond acceptors (Lipinski definition) is 10. The van der Waals surface area contributed by atoms with Crippen molar-refractivity contribution in [2.45, 2.75) is 493 Å². The standard InChI is InChI=1S/C84H163NO10/c1-3-5-7-9-11-13-15-17-46-50-54-58-62-66-70-77(87)76(75-94-84-83(92)82(91)81(90)78(74-86)95-84)85-79(88)71-67-63-59-55-51-47-44-42-40-38-36-34-32-30-28-26-24-22-20-19-21-23-25-27-29-31-33-35-37-39-41-43-45-49-53-57-61-65-69-73-93-80(89)72-68-64-60-56-52-48-18-16-14-12-10-8-6-4-2/h66,70,76-78,81-84,86-87,90-92H,3-65,67-69,71-75H2,1-2H3,(H,85,88)/b70-66+. The Morgan fingerprint density at radius 1 is 0.379 bits per heavy atom. The molecule has 1 aliphatic heterocycles. The van der Waals surface area contributed by atoms with Crippen molar-refractivity contribution in [3.8, 4) is 0 Å². The highest BCUT2D eigenvalue weighted by atomic mass is 16.7. The molecule has 0 aromatic heterocycles. The van der Waals surface area contributed by atoms with E-state index in [1.807, 2.05) is 6.08 Å². The maximum Gasteiger partial charge on any atom is 0.305 e. The van der Waals surface area contributed by atoms with Crippen LogP contribution < -0.4 is 5.32 Å². The number of ether oxygens (including phenoxy) is 3. The average Bonchev–Trinajstić information content (AvgIpc) is 0.929. The van der Waals surface area contributed by atoms with Gasteiger partial charge in [0.15, 0.2) is 6.29 Å².